The summed E-state index contributed by atoms with van der Waals surface area (Å²) < 4.78 is 5.00. The van der Waals surface area contributed by atoms with Crippen LogP contribution in [0.5, 0.6) is 0 Å². The van der Waals surface area contributed by atoms with Gasteiger partial charge < -0.3 is 24.9 Å². The van der Waals surface area contributed by atoms with Crippen molar-refractivity contribution in [2.75, 3.05) is 5.75 Å². The largest absolute Gasteiger partial charge is 0.481 e. The van der Waals surface area contributed by atoms with Crippen molar-refractivity contribution in [3.63, 3.8) is 0 Å². The number of hydrogen-bond donors (Lipinski definition) is 5. The average Bonchev–Trinajstić information content (AvgIpc) is 3.28. The van der Waals surface area contributed by atoms with Crippen LogP contribution in [0.15, 0.2) is 52.2 Å². The molecule has 0 radical (unpaired) electrons. The summed E-state index contributed by atoms with van der Waals surface area (Å²) in [6.07, 6.45) is 12.0. The van der Waals surface area contributed by atoms with Crippen LogP contribution in [0.4, 0.5) is 0 Å². The number of allylic oxidation sites excluding steroid dienone is 2. The number of carboxylic acid groups (broad SMARTS) is 1. The molecule has 2 rings (SSSR count). The van der Waals surface area contributed by atoms with Gasteiger partial charge in [-0.3, -0.25) is 4.79 Å². The Kier molecular flexibility index (Phi) is 9.80. The van der Waals surface area contributed by atoms with E-state index in [1.807, 2.05) is 24.3 Å². The molecular formula is C20H29NO6S. The number of unbranched alkanes of at least 4 members (excludes halogenated alkanes) is 1. The fourth-order valence-electron chi connectivity index (χ4n) is 3.45. The van der Waals surface area contributed by atoms with E-state index in [0.717, 1.165) is 4.90 Å². The van der Waals surface area contributed by atoms with Gasteiger partial charge in [-0.25, -0.2) is 5.48 Å². The Morgan fingerprint density at radius 2 is 2.25 bits per heavy atom. The molecule has 156 valence electrons. The maximum atomic E-state index is 10.5. The minimum absolute atomic E-state index is 0.0784. The summed E-state index contributed by atoms with van der Waals surface area (Å²) in [7, 11) is 0. The smallest absolute Gasteiger partial charge is 0.303 e. The van der Waals surface area contributed by atoms with Gasteiger partial charge >= 0.3 is 5.97 Å². The number of aliphatic hydroxyl groups is 2. The Labute approximate surface area is 169 Å². The van der Waals surface area contributed by atoms with Crippen molar-refractivity contribution in [1.82, 2.24) is 5.48 Å². The van der Waals surface area contributed by atoms with E-state index >= 15 is 0 Å². The van der Waals surface area contributed by atoms with Gasteiger partial charge in [-0.1, -0.05) is 24.3 Å². The lowest BCUT2D eigenvalue weighted by Crippen LogP contribution is -2.30. The van der Waals surface area contributed by atoms with Gasteiger partial charge in [0.15, 0.2) is 0 Å². The molecule has 5 atom stereocenters. The highest BCUT2D eigenvalue weighted by Crippen LogP contribution is 2.36. The average molecular weight is 412 g/mol. The Hall–Kier alpha value is -1.58. The number of aliphatic hydroxyl groups excluding tert-OH is 2. The van der Waals surface area contributed by atoms with Gasteiger partial charge in [0.05, 0.1) is 18.5 Å². The van der Waals surface area contributed by atoms with Crippen LogP contribution in [0.1, 0.15) is 32.1 Å². The topological polar surface area (TPSA) is 123 Å². The van der Waals surface area contributed by atoms with E-state index in [0.29, 0.717) is 31.4 Å². The number of carboxylic acids is 1. The van der Waals surface area contributed by atoms with Crippen LogP contribution in [0, 0.1) is 11.8 Å². The summed E-state index contributed by atoms with van der Waals surface area (Å²) in [5.74, 6) is -0.509. The molecule has 0 bridgehead atoms. The number of carbonyl (C=O) groups is 1. The van der Waals surface area contributed by atoms with E-state index in [1.165, 1.54) is 11.8 Å². The van der Waals surface area contributed by atoms with Crippen LogP contribution in [0.25, 0.3) is 0 Å². The van der Waals surface area contributed by atoms with E-state index in [2.05, 4.69) is 5.48 Å². The molecule has 0 spiro atoms. The molecule has 0 aromatic carbocycles. The van der Waals surface area contributed by atoms with Crippen LogP contribution in [-0.2, 0) is 4.79 Å². The van der Waals surface area contributed by atoms with Crippen LogP contribution in [0.3, 0.4) is 0 Å². The normalized spacial score (nSPS) is 26.4. The van der Waals surface area contributed by atoms with Gasteiger partial charge in [-0.2, -0.15) is 0 Å². The van der Waals surface area contributed by atoms with Crippen molar-refractivity contribution in [3.05, 3.63) is 42.9 Å². The zero-order chi connectivity index (χ0) is 20.4. The molecule has 1 aliphatic rings. The van der Waals surface area contributed by atoms with Crippen molar-refractivity contribution < 1.29 is 29.7 Å². The second-order valence-electron chi connectivity index (χ2n) is 7.00. The predicted octanol–water partition coefficient (Wildman–Crippen LogP) is 2.83. The molecular weight excluding hydrogens is 382 g/mol. The first-order chi connectivity index (χ1) is 13.5. The summed E-state index contributed by atoms with van der Waals surface area (Å²) in [6.45, 7) is 0. The third-order valence-corrected chi connectivity index (χ3v) is 6.00. The van der Waals surface area contributed by atoms with Gasteiger partial charge in [0.1, 0.15) is 6.26 Å². The highest BCUT2D eigenvalue weighted by molar-refractivity contribution is 7.99. The van der Waals surface area contributed by atoms with E-state index in [-0.39, 0.29) is 24.3 Å². The van der Waals surface area contributed by atoms with E-state index in [1.54, 1.807) is 18.6 Å². The Morgan fingerprint density at radius 3 is 2.93 bits per heavy atom. The molecule has 28 heavy (non-hydrogen) atoms. The van der Waals surface area contributed by atoms with Gasteiger partial charge in [-0.05, 0) is 37.7 Å². The minimum atomic E-state index is -0.800. The maximum Gasteiger partial charge on any atom is 0.303 e. The molecule has 1 heterocycles. The lowest BCUT2D eigenvalue weighted by molar-refractivity contribution is -0.137. The zero-order valence-electron chi connectivity index (χ0n) is 15.7. The Balaban J connectivity index is 1.86. The Morgan fingerprint density at radius 1 is 1.43 bits per heavy atom. The second-order valence-corrected chi connectivity index (χ2v) is 8.09. The molecule has 0 amide bonds. The number of hydroxylamine groups is 1. The highest BCUT2D eigenvalue weighted by atomic mass is 32.2. The molecule has 1 saturated carbocycles. The SMILES string of the molecule is O=C(O)CCCC=CCC1[C@@H](C=C[C@@H](O)CSc2ccoc2)C(NO)C[C@@H]1O. The van der Waals surface area contributed by atoms with Crippen molar-refractivity contribution >= 4 is 17.7 Å². The molecule has 1 fully saturated rings. The molecule has 1 aromatic rings. The summed E-state index contributed by atoms with van der Waals surface area (Å²) in [6, 6.07) is 1.56. The van der Waals surface area contributed by atoms with E-state index in [4.69, 9.17) is 9.52 Å². The molecule has 8 heteroatoms. The molecule has 0 saturated heterocycles. The summed E-state index contributed by atoms with van der Waals surface area (Å²) in [4.78, 5) is 11.5. The first-order valence-electron chi connectivity index (χ1n) is 9.47. The van der Waals surface area contributed by atoms with Crippen LogP contribution in [0.2, 0.25) is 0 Å². The van der Waals surface area contributed by atoms with Crippen molar-refractivity contribution in [3.8, 4) is 0 Å². The number of thioether (sulfide) groups is 1. The molecule has 1 aliphatic carbocycles. The fraction of sp³-hybridized carbons (Fsp3) is 0.550. The lowest BCUT2D eigenvalue weighted by Gasteiger charge is -2.21. The Bertz CT molecular complexity index is 633. The highest BCUT2D eigenvalue weighted by Gasteiger charge is 2.40. The van der Waals surface area contributed by atoms with Crippen LogP contribution >= 0.6 is 11.8 Å². The van der Waals surface area contributed by atoms with Gasteiger partial charge in [0.2, 0.25) is 0 Å². The van der Waals surface area contributed by atoms with Crippen LogP contribution < -0.4 is 5.48 Å². The summed E-state index contributed by atoms with van der Waals surface area (Å²) in [5.41, 5.74) is 2.28. The number of hydrogen-bond acceptors (Lipinski definition) is 7. The minimum Gasteiger partial charge on any atom is -0.481 e. The quantitative estimate of drug-likeness (QED) is 0.154. The first-order valence-corrected chi connectivity index (χ1v) is 10.5. The van der Waals surface area contributed by atoms with Crippen LogP contribution in [-0.4, -0.2) is 50.5 Å². The monoisotopic (exact) mass is 411 g/mol. The standard InChI is InChI=1S/C20H29NO6S/c22-14(13-28-15-9-10-27-12-15)7-8-16-17(19(23)11-18(16)21-26)5-3-1-2-4-6-20(24)25/h1,3,7-10,12,14,16-19,21-23,26H,2,4-6,11,13H2,(H,24,25)/t14-,16-,17?,18?,19+/m1/s1. The fourth-order valence-corrected chi connectivity index (χ4v) is 4.20. The van der Waals surface area contributed by atoms with E-state index < -0.39 is 18.2 Å². The molecule has 5 N–H and O–H groups in total. The molecule has 1 aromatic heterocycles. The third kappa shape index (κ3) is 7.44. The molecule has 0 aliphatic heterocycles. The second kappa shape index (κ2) is 12.1. The van der Waals surface area contributed by atoms with Gasteiger partial charge in [0, 0.05) is 29.0 Å². The molecule has 2 unspecified atom stereocenters. The third-order valence-electron chi connectivity index (χ3n) is 4.92. The molecule has 7 nitrogen and oxygen atoms in total. The van der Waals surface area contributed by atoms with Gasteiger partial charge in [-0.15, -0.1) is 11.8 Å². The van der Waals surface area contributed by atoms with Gasteiger partial charge in [0.25, 0.3) is 0 Å². The first kappa shape index (κ1) is 22.7. The number of aliphatic carboxylic acids is 1. The number of furan rings is 1. The number of nitrogens with one attached hydrogen (secondary N) is 1. The summed E-state index contributed by atoms with van der Waals surface area (Å²) in [5, 5.41) is 38.6. The van der Waals surface area contributed by atoms with Crippen molar-refractivity contribution in [2.24, 2.45) is 11.8 Å². The summed E-state index contributed by atoms with van der Waals surface area (Å²) >= 11 is 1.49. The van der Waals surface area contributed by atoms with E-state index in [9.17, 15) is 20.2 Å². The van der Waals surface area contributed by atoms with Crippen molar-refractivity contribution in [1.29, 1.82) is 0 Å². The predicted molar refractivity (Wildman–Crippen MR) is 106 cm³/mol. The zero-order valence-corrected chi connectivity index (χ0v) is 16.5. The van der Waals surface area contributed by atoms with Crippen molar-refractivity contribution in [2.45, 2.75) is 55.2 Å². The maximum absolute atomic E-state index is 10.5. The number of rotatable bonds is 12. The lowest BCUT2D eigenvalue weighted by atomic mass is 9.89.